The number of aromatic nitrogens is 2. The van der Waals surface area contributed by atoms with Gasteiger partial charge in [-0.3, -0.25) is 0 Å². The van der Waals surface area contributed by atoms with Gasteiger partial charge in [0.2, 0.25) is 0 Å². The van der Waals surface area contributed by atoms with Crippen molar-refractivity contribution in [1.82, 2.24) is 8.80 Å². The monoisotopic (exact) mass is 442 g/mol. The number of benzene rings is 1. The van der Waals surface area contributed by atoms with Gasteiger partial charge in [-0.05, 0) is 39.8 Å². The second-order valence-corrected chi connectivity index (χ2v) is 8.44. The molecule has 0 unspecified atom stereocenters. The molecule has 0 bridgehead atoms. The summed E-state index contributed by atoms with van der Waals surface area (Å²) in [6, 6.07) is 0. The van der Waals surface area contributed by atoms with Crippen LogP contribution in [0.15, 0.2) is 38.5 Å². The summed E-state index contributed by atoms with van der Waals surface area (Å²) in [6.45, 7) is 25.1. The highest BCUT2D eigenvalue weighted by molar-refractivity contribution is 6.29. The Kier molecular flexibility index (Phi) is 4.98. The topological polar surface area (TPSA) is 8.82 Å². The van der Waals surface area contributed by atoms with E-state index in [0.29, 0.717) is 0 Å². The van der Waals surface area contributed by atoms with E-state index in [1.807, 2.05) is 24.3 Å². The number of rotatable bonds is 5. The summed E-state index contributed by atoms with van der Waals surface area (Å²) in [5, 5.41) is 9.71. The summed E-state index contributed by atoms with van der Waals surface area (Å²) in [5.74, 6) is 0. The van der Waals surface area contributed by atoms with Crippen molar-refractivity contribution in [3.8, 4) is 0 Å². The first kappa shape index (κ1) is 21.8. The Morgan fingerprint density at radius 2 is 1.12 bits per heavy atom. The normalized spacial score (nSPS) is 14.9. The SMILES string of the molecule is C=C/C=c1\c(=C/C)n2c(C=C)c(C=C)c3c4c(=C/C)/c(=C\C)n5c(/C=C\C)c(C=C)c(c1c32)c45. The number of hydrogen-bond acceptors (Lipinski definition) is 0. The Labute approximate surface area is 199 Å². The minimum Gasteiger partial charge on any atom is -0.308 e. The molecule has 0 saturated carbocycles. The lowest BCUT2D eigenvalue weighted by molar-refractivity contribution is 1.13. The molecule has 5 aromatic rings. The van der Waals surface area contributed by atoms with Gasteiger partial charge < -0.3 is 8.80 Å². The predicted octanol–water partition coefficient (Wildman–Crippen LogP) is 5.70. The molecule has 1 aromatic carbocycles. The van der Waals surface area contributed by atoms with Crippen molar-refractivity contribution in [3.63, 3.8) is 0 Å². The highest BCUT2D eigenvalue weighted by atomic mass is 14.9. The third-order valence-corrected chi connectivity index (χ3v) is 7.09. The molecule has 0 amide bonds. The second-order valence-electron chi connectivity index (χ2n) is 8.44. The molecule has 4 heterocycles. The summed E-state index contributed by atoms with van der Waals surface area (Å²) in [6.07, 6.45) is 20.9. The lowest BCUT2D eigenvalue weighted by atomic mass is 9.97. The fourth-order valence-corrected chi connectivity index (χ4v) is 6.04. The minimum atomic E-state index is 1.07. The molecule has 2 heteroatoms. The highest BCUT2D eigenvalue weighted by Gasteiger charge is 2.28. The van der Waals surface area contributed by atoms with Crippen LogP contribution in [-0.2, 0) is 0 Å². The van der Waals surface area contributed by atoms with Crippen LogP contribution in [0, 0.1) is 0 Å². The molecule has 0 spiro atoms. The quantitative estimate of drug-likeness (QED) is 0.330. The van der Waals surface area contributed by atoms with Crippen LogP contribution >= 0.6 is 0 Å². The summed E-state index contributed by atoms with van der Waals surface area (Å²) in [4.78, 5) is 0. The Balaban J connectivity index is 2.46. The van der Waals surface area contributed by atoms with E-state index in [2.05, 4.69) is 99.3 Å². The Morgan fingerprint density at radius 1 is 0.588 bits per heavy atom. The first-order chi connectivity index (χ1) is 16.6. The van der Waals surface area contributed by atoms with Gasteiger partial charge >= 0.3 is 0 Å². The smallest absolute Gasteiger partial charge is 0.0634 e. The molecule has 0 aliphatic carbocycles. The molecule has 0 N–H and O–H groups in total. The van der Waals surface area contributed by atoms with Crippen molar-refractivity contribution in [2.75, 3.05) is 0 Å². The van der Waals surface area contributed by atoms with Crippen LogP contribution in [0.5, 0.6) is 0 Å². The molecule has 0 fully saturated rings. The third-order valence-electron chi connectivity index (χ3n) is 7.09. The van der Waals surface area contributed by atoms with Gasteiger partial charge in [0.25, 0.3) is 0 Å². The number of fused-ring (bicyclic) bond motifs is 2. The van der Waals surface area contributed by atoms with E-state index in [-0.39, 0.29) is 0 Å². The maximum atomic E-state index is 4.24. The van der Waals surface area contributed by atoms with E-state index in [4.69, 9.17) is 0 Å². The molecule has 5 rings (SSSR count). The van der Waals surface area contributed by atoms with Gasteiger partial charge in [-0.15, -0.1) is 0 Å². The maximum Gasteiger partial charge on any atom is 0.0634 e. The summed E-state index contributed by atoms with van der Waals surface area (Å²) < 4.78 is 4.75. The fourth-order valence-electron chi connectivity index (χ4n) is 6.04. The van der Waals surface area contributed by atoms with E-state index in [1.54, 1.807) is 0 Å². The molecule has 0 aliphatic rings. The van der Waals surface area contributed by atoms with Gasteiger partial charge in [0.15, 0.2) is 0 Å². The van der Waals surface area contributed by atoms with Crippen LogP contribution < -0.4 is 21.1 Å². The van der Waals surface area contributed by atoms with Crippen molar-refractivity contribution in [2.45, 2.75) is 27.7 Å². The molecule has 168 valence electrons. The number of hydrogen-bond donors (Lipinski definition) is 0. The lowest BCUT2D eigenvalue weighted by Gasteiger charge is -2.03. The zero-order chi connectivity index (χ0) is 24.3. The number of nitrogens with zero attached hydrogens (tertiary/aromatic N) is 2. The molecular weight excluding hydrogens is 412 g/mol. The van der Waals surface area contributed by atoms with Crippen LogP contribution in [0.2, 0.25) is 0 Å². The largest absolute Gasteiger partial charge is 0.308 e. The van der Waals surface area contributed by atoms with Crippen molar-refractivity contribution in [1.29, 1.82) is 0 Å². The zero-order valence-electron chi connectivity index (χ0n) is 20.5. The van der Waals surface area contributed by atoms with Gasteiger partial charge in [-0.1, -0.05) is 74.9 Å². The molecule has 0 atom stereocenters. The van der Waals surface area contributed by atoms with Gasteiger partial charge in [0.1, 0.15) is 0 Å². The van der Waals surface area contributed by atoms with Gasteiger partial charge in [-0.2, -0.15) is 0 Å². The fraction of sp³-hybridized carbons (Fsp3) is 0.125. The standard InChI is InChI=1S/C32H30N2/c1-9-17-22-25(16-8)33-23(14-6)19(11-3)28-27-20(12-4)24(15-7)34-26(18-10-2)21(13-5)29(31(27)34)30(22)32(28)33/h9-18H,1,3,5-6H2,2,4,7-8H3/b18-10-,20-12+,22-17+,24-15+,25-16+. The molecule has 34 heavy (non-hydrogen) atoms. The van der Waals surface area contributed by atoms with Crippen molar-refractivity contribution in [3.05, 3.63) is 82.1 Å². The zero-order valence-corrected chi connectivity index (χ0v) is 20.5. The summed E-state index contributed by atoms with van der Waals surface area (Å²) >= 11 is 0. The van der Waals surface area contributed by atoms with Crippen molar-refractivity contribution >= 4 is 81.2 Å². The summed E-state index contributed by atoms with van der Waals surface area (Å²) in [7, 11) is 0. The van der Waals surface area contributed by atoms with Crippen LogP contribution in [0.25, 0.3) is 81.2 Å². The first-order valence-electron chi connectivity index (χ1n) is 11.8. The van der Waals surface area contributed by atoms with E-state index < -0.39 is 0 Å². The van der Waals surface area contributed by atoms with Crippen molar-refractivity contribution < 1.29 is 0 Å². The van der Waals surface area contributed by atoms with Gasteiger partial charge in [0, 0.05) is 53.8 Å². The van der Waals surface area contributed by atoms with Crippen LogP contribution in [-0.4, -0.2) is 8.80 Å². The Morgan fingerprint density at radius 3 is 1.59 bits per heavy atom. The van der Waals surface area contributed by atoms with E-state index in [9.17, 15) is 0 Å². The van der Waals surface area contributed by atoms with E-state index in [1.165, 1.54) is 48.4 Å². The van der Waals surface area contributed by atoms with Crippen LogP contribution in [0.4, 0.5) is 0 Å². The first-order valence-corrected chi connectivity index (χ1v) is 11.8. The molecule has 4 aromatic heterocycles. The lowest BCUT2D eigenvalue weighted by Crippen LogP contribution is -2.26. The van der Waals surface area contributed by atoms with Crippen LogP contribution in [0.1, 0.15) is 50.2 Å². The third kappa shape index (κ3) is 2.30. The van der Waals surface area contributed by atoms with E-state index in [0.717, 1.165) is 27.9 Å². The second kappa shape index (κ2) is 7.78. The predicted molar refractivity (Wildman–Crippen MR) is 154 cm³/mol. The molecule has 2 nitrogen and oxygen atoms in total. The average molecular weight is 443 g/mol. The molecule has 0 saturated heterocycles. The molecule has 0 aliphatic heterocycles. The average Bonchev–Trinajstić information content (AvgIpc) is 3.54. The Hall–Kier alpha value is -4.04. The van der Waals surface area contributed by atoms with E-state index >= 15 is 0 Å². The maximum absolute atomic E-state index is 4.24. The van der Waals surface area contributed by atoms with Gasteiger partial charge in [0.05, 0.1) is 22.4 Å². The molecule has 0 radical (unpaired) electrons. The highest BCUT2D eigenvalue weighted by Crippen LogP contribution is 2.41. The van der Waals surface area contributed by atoms with Gasteiger partial charge in [-0.25, -0.2) is 0 Å². The summed E-state index contributed by atoms with van der Waals surface area (Å²) in [5.41, 5.74) is 6.94. The Bertz CT molecular complexity index is 1950. The molecular formula is C32H30N2. The number of allylic oxidation sites excluding steroid dienone is 2. The minimum absolute atomic E-state index is 1.07. The van der Waals surface area contributed by atoms with Crippen LogP contribution in [0.3, 0.4) is 0 Å². The van der Waals surface area contributed by atoms with Crippen molar-refractivity contribution in [2.24, 2.45) is 0 Å².